The number of aldehydes is 1. The number of nitrogens with two attached hydrogens (primary N) is 1. The lowest BCUT2D eigenvalue weighted by Crippen LogP contribution is -2.35. The van der Waals surface area contributed by atoms with Crippen molar-refractivity contribution in [3.63, 3.8) is 0 Å². The molecule has 0 aliphatic carbocycles. The van der Waals surface area contributed by atoms with E-state index < -0.39 is 18.0 Å². The summed E-state index contributed by atoms with van der Waals surface area (Å²) in [5.41, 5.74) is 8.03. The SMILES string of the molecule is [NH-]/C=C\N(N)C[C@H]1CN(c2ccc(-n3ccc(C=O)c3)c(F)c2)C(=O)O1. The summed E-state index contributed by atoms with van der Waals surface area (Å²) in [6.07, 6.45) is 5.06. The van der Waals surface area contributed by atoms with E-state index >= 15 is 0 Å². The van der Waals surface area contributed by atoms with E-state index in [9.17, 15) is 14.0 Å². The first-order valence-corrected chi connectivity index (χ1v) is 7.78. The van der Waals surface area contributed by atoms with E-state index in [0.717, 1.165) is 6.20 Å². The van der Waals surface area contributed by atoms with Gasteiger partial charge < -0.3 is 20.0 Å². The molecule has 1 fully saturated rings. The molecule has 1 aliphatic heterocycles. The maximum Gasteiger partial charge on any atom is 0.414 e. The fourth-order valence-electron chi connectivity index (χ4n) is 2.72. The number of nitrogens with one attached hydrogen (secondary N) is 1. The smallest absolute Gasteiger partial charge is 0.414 e. The number of ether oxygens (including phenoxy) is 1. The maximum absolute atomic E-state index is 14.5. The van der Waals surface area contributed by atoms with E-state index in [1.807, 2.05) is 0 Å². The fraction of sp³-hybridized carbons (Fsp3) is 0.176. The number of nitrogens with zero attached hydrogens (tertiary/aromatic N) is 3. The molecule has 1 atom stereocenters. The molecule has 9 heteroatoms. The van der Waals surface area contributed by atoms with Crippen LogP contribution in [0.4, 0.5) is 14.9 Å². The van der Waals surface area contributed by atoms with Crippen molar-refractivity contribution in [3.8, 4) is 5.69 Å². The standard InChI is InChI=1S/C17H17FN5O3/c18-15-7-13(1-2-16(15)21-5-3-12(8-21)11-24)23-10-14(26-17(23)25)9-22(20)6-4-19/h1-8,11,14,19H,9-10,20H2/q-1/b6-4-/t14-/m0/s1. The number of hydrazine groups is 1. The molecule has 1 aromatic heterocycles. The van der Waals surface area contributed by atoms with E-state index in [-0.39, 0.29) is 18.8 Å². The molecule has 136 valence electrons. The molecule has 1 saturated heterocycles. The van der Waals surface area contributed by atoms with Gasteiger partial charge in [0, 0.05) is 18.0 Å². The number of hydrogen-bond acceptors (Lipinski definition) is 5. The highest BCUT2D eigenvalue weighted by Gasteiger charge is 2.33. The third-order valence-corrected chi connectivity index (χ3v) is 3.93. The third-order valence-electron chi connectivity index (χ3n) is 3.93. The van der Waals surface area contributed by atoms with Gasteiger partial charge in [-0.05, 0) is 30.5 Å². The van der Waals surface area contributed by atoms with Crippen molar-refractivity contribution in [1.82, 2.24) is 9.58 Å². The molecule has 1 amide bonds. The number of carbonyl (C=O) groups excluding carboxylic acids is 2. The maximum atomic E-state index is 14.5. The van der Waals surface area contributed by atoms with Gasteiger partial charge >= 0.3 is 6.09 Å². The highest BCUT2D eigenvalue weighted by atomic mass is 19.1. The molecule has 2 aromatic rings. The number of aromatic nitrogens is 1. The Morgan fingerprint density at radius 2 is 2.23 bits per heavy atom. The lowest BCUT2D eigenvalue weighted by Gasteiger charge is -2.18. The molecular formula is C17H17FN5O3-. The zero-order chi connectivity index (χ0) is 18.7. The second kappa shape index (κ2) is 7.28. The van der Waals surface area contributed by atoms with Gasteiger partial charge in [-0.3, -0.25) is 9.69 Å². The summed E-state index contributed by atoms with van der Waals surface area (Å²) in [4.78, 5) is 24.1. The first-order chi connectivity index (χ1) is 12.5. The van der Waals surface area contributed by atoms with Gasteiger partial charge in [0.2, 0.25) is 0 Å². The van der Waals surface area contributed by atoms with Crippen molar-refractivity contribution < 1.29 is 18.7 Å². The highest BCUT2D eigenvalue weighted by molar-refractivity contribution is 5.89. The summed E-state index contributed by atoms with van der Waals surface area (Å²) in [6.45, 7) is 0.437. The molecule has 0 bridgehead atoms. The highest BCUT2D eigenvalue weighted by Crippen LogP contribution is 2.26. The predicted molar refractivity (Wildman–Crippen MR) is 93.1 cm³/mol. The lowest BCUT2D eigenvalue weighted by molar-refractivity contribution is 0.112. The Morgan fingerprint density at radius 1 is 1.42 bits per heavy atom. The molecule has 3 N–H and O–H groups in total. The fourth-order valence-corrected chi connectivity index (χ4v) is 2.72. The summed E-state index contributed by atoms with van der Waals surface area (Å²) in [5, 5.41) is 1.24. The summed E-state index contributed by atoms with van der Waals surface area (Å²) in [5.74, 6) is 5.11. The Labute approximate surface area is 149 Å². The molecule has 0 saturated carbocycles. The largest absolute Gasteiger partial charge is 0.704 e. The molecule has 1 aliphatic rings. The van der Waals surface area contributed by atoms with Crippen molar-refractivity contribution >= 4 is 18.1 Å². The number of hydrogen-bond donors (Lipinski definition) is 1. The molecule has 0 unspecified atom stereocenters. The van der Waals surface area contributed by atoms with E-state index in [2.05, 4.69) is 0 Å². The number of benzene rings is 1. The normalized spacial score (nSPS) is 16.9. The number of anilines is 1. The van der Waals surface area contributed by atoms with Crippen LogP contribution < -0.4 is 10.7 Å². The number of halogens is 1. The Kier molecular flexibility index (Phi) is 4.90. The van der Waals surface area contributed by atoms with Crippen LogP contribution in [0.25, 0.3) is 11.4 Å². The van der Waals surface area contributed by atoms with Gasteiger partial charge in [0.1, 0.15) is 11.9 Å². The Balaban J connectivity index is 1.76. The van der Waals surface area contributed by atoms with Gasteiger partial charge in [0.05, 0.1) is 24.5 Å². The number of carbonyl (C=O) groups is 2. The first-order valence-electron chi connectivity index (χ1n) is 7.78. The minimum absolute atomic E-state index is 0.218. The van der Waals surface area contributed by atoms with Gasteiger partial charge in [0.15, 0.2) is 6.29 Å². The molecule has 0 spiro atoms. The van der Waals surface area contributed by atoms with Gasteiger partial charge in [-0.25, -0.2) is 15.0 Å². The average Bonchev–Trinajstić information content (AvgIpc) is 3.21. The Hall–Kier alpha value is -3.33. The van der Waals surface area contributed by atoms with Gasteiger partial charge in [-0.15, -0.1) is 0 Å². The Bertz CT molecular complexity index is 851. The monoisotopic (exact) mass is 358 g/mol. The van der Waals surface area contributed by atoms with Crippen LogP contribution in [0.2, 0.25) is 0 Å². The second-order valence-corrected chi connectivity index (χ2v) is 5.73. The van der Waals surface area contributed by atoms with E-state index in [0.29, 0.717) is 17.5 Å². The molecule has 1 aromatic carbocycles. The number of amides is 1. The minimum atomic E-state index is -0.588. The average molecular weight is 358 g/mol. The quantitative estimate of drug-likeness (QED) is 0.485. The second-order valence-electron chi connectivity index (χ2n) is 5.73. The molecular weight excluding hydrogens is 341 g/mol. The van der Waals surface area contributed by atoms with Gasteiger partial charge in [-0.1, -0.05) is 0 Å². The van der Waals surface area contributed by atoms with Crippen LogP contribution in [-0.4, -0.2) is 41.1 Å². The molecule has 2 heterocycles. The van der Waals surface area contributed by atoms with Crippen LogP contribution >= 0.6 is 0 Å². The van der Waals surface area contributed by atoms with Crippen molar-refractivity contribution in [2.75, 3.05) is 18.0 Å². The van der Waals surface area contributed by atoms with E-state index in [1.54, 1.807) is 18.3 Å². The van der Waals surface area contributed by atoms with E-state index in [4.69, 9.17) is 16.3 Å². The number of cyclic esters (lactones) is 1. The third kappa shape index (κ3) is 3.52. The van der Waals surface area contributed by atoms with Crippen LogP contribution in [0, 0.1) is 5.82 Å². The van der Waals surface area contributed by atoms with Crippen LogP contribution in [0.15, 0.2) is 49.1 Å². The summed E-state index contributed by atoms with van der Waals surface area (Å²) in [6, 6.07) is 5.95. The molecule has 26 heavy (non-hydrogen) atoms. The molecule has 0 radical (unpaired) electrons. The summed E-state index contributed by atoms with van der Waals surface area (Å²) < 4.78 is 21.2. The Morgan fingerprint density at radius 3 is 2.88 bits per heavy atom. The van der Waals surface area contributed by atoms with Crippen molar-refractivity contribution in [1.29, 1.82) is 0 Å². The van der Waals surface area contributed by atoms with E-state index in [1.165, 1.54) is 39.0 Å². The predicted octanol–water partition coefficient (Wildman–Crippen LogP) is 2.45. The minimum Gasteiger partial charge on any atom is -0.704 e. The molecule has 3 rings (SSSR count). The lowest BCUT2D eigenvalue weighted by atomic mass is 10.2. The summed E-state index contributed by atoms with van der Waals surface area (Å²) >= 11 is 0. The van der Waals surface area contributed by atoms with Crippen LogP contribution in [0.1, 0.15) is 10.4 Å². The van der Waals surface area contributed by atoms with Crippen molar-refractivity contribution in [2.45, 2.75) is 6.10 Å². The van der Waals surface area contributed by atoms with Crippen molar-refractivity contribution in [2.24, 2.45) is 5.84 Å². The molecule has 8 nitrogen and oxygen atoms in total. The number of rotatable bonds is 6. The van der Waals surface area contributed by atoms with Crippen LogP contribution in [-0.2, 0) is 4.74 Å². The summed E-state index contributed by atoms with van der Waals surface area (Å²) in [7, 11) is 0. The van der Waals surface area contributed by atoms with Crippen LogP contribution in [0.3, 0.4) is 0 Å². The zero-order valence-corrected chi connectivity index (χ0v) is 13.7. The first kappa shape index (κ1) is 17.5. The zero-order valence-electron chi connectivity index (χ0n) is 13.7. The van der Waals surface area contributed by atoms with Gasteiger partial charge in [0.25, 0.3) is 0 Å². The van der Waals surface area contributed by atoms with Crippen LogP contribution in [0.5, 0.6) is 0 Å². The topological polar surface area (TPSA) is 105 Å². The van der Waals surface area contributed by atoms with Gasteiger partial charge in [-0.2, -0.15) is 6.20 Å². The van der Waals surface area contributed by atoms with Crippen molar-refractivity contribution in [3.05, 3.63) is 66.2 Å².